The molecular formula is C14H21NO4. The van der Waals surface area contributed by atoms with Crippen LogP contribution in [0.4, 0.5) is 0 Å². The highest BCUT2D eigenvalue weighted by atomic mass is 16.5. The summed E-state index contributed by atoms with van der Waals surface area (Å²) in [7, 11) is 1.60. The van der Waals surface area contributed by atoms with E-state index in [1.807, 2.05) is 31.2 Å². The summed E-state index contributed by atoms with van der Waals surface area (Å²) in [5.74, 6) is -0.0425. The predicted molar refractivity (Wildman–Crippen MR) is 72.6 cm³/mol. The van der Waals surface area contributed by atoms with Gasteiger partial charge in [0.2, 0.25) is 0 Å². The fraction of sp³-hybridized carbons (Fsp3) is 0.500. The van der Waals surface area contributed by atoms with Crippen LogP contribution in [0.5, 0.6) is 5.75 Å². The Kier molecular flexibility index (Phi) is 6.92. The summed E-state index contributed by atoms with van der Waals surface area (Å²) >= 11 is 0. The summed E-state index contributed by atoms with van der Waals surface area (Å²) in [5, 5.41) is 8.81. The Morgan fingerprint density at radius 3 is 2.42 bits per heavy atom. The number of carbonyl (C=O) groups is 1. The van der Waals surface area contributed by atoms with Gasteiger partial charge in [-0.1, -0.05) is 17.7 Å². The molecule has 0 unspecified atom stereocenters. The number of hydrogen-bond acceptors (Lipinski definition) is 4. The largest absolute Gasteiger partial charge is 0.492 e. The van der Waals surface area contributed by atoms with Gasteiger partial charge in [-0.05, 0) is 19.1 Å². The zero-order chi connectivity index (χ0) is 14.1. The van der Waals surface area contributed by atoms with E-state index in [-0.39, 0.29) is 6.54 Å². The Bertz CT molecular complexity index is 378. The molecule has 0 fully saturated rings. The monoisotopic (exact) mass is 267 g/mol. The van der Waals surface area contributed by atoms with Crippen molar-refractivity contribution in [3.8, 4) is 5.75 Å². The second kappa shape index (κ2) is 8.50. The van der Waals surface area contributed by atoms with Crippen molar-refractivity contribution in [1.82, 2.24) is 4.90 Å². The van der Waals surface area contributed by atoms with Gasteiger partial charge in [0.1, 0.15) is 12.4 Å². The van der Waals surface area contributed by atoms with Crippen LogP contribution in [0.15, 0.2) is 24.3 Å². The van der Waals surface area contributed by atoms with Gasteiger partial charge in [-0.15, -0.1) is 0 Å². The van der Waals surface area contributed by atoms with Crippen LogP contribution >= 0.6 is 0 Å². The molecule has 0 aromatic heterocycles. The van der Waals surface area contributed by atoms with E-state index in [0.717, 1.165) is 5.75 Å². The summed E-state index contributed by atoms with van der Waals surface area (Å²) < 4.78 is 10.5. The number of ether oxygens (including phenoxy) is 2. The second-order valence-corrected chi connectivity index (χ2v) is 4.32. The zero-order valence-corrected chi connectivity index (χ0v) is 11.5. The number of rotatable bonds is 9. The predicted octanol–water partition coefficient (Wildman–Crippen LogP) is 1.41. The molecule has 5 heteroatoms. The lowest BCUT2D eigenvalue weighted by Crippen LogP contribution is -2.35. The molecule has 19 heavy (non-hydrogen) atoms. The summed E-state index contributed by atoms with van der Waals surface area (Å²) in [6.07, 6.45) is 0. The molecule has 1 N–H and O–H groups in total. The van der Waals surface area contributed by atoms with Crippen LogP contribution in [0.3, 0.4) is 0 Å². The summed E-state index contributed by atoms with van der Waals surface area (Å²) in [6.45, 7) is 4.13. The number of aliphatic carboxylic acids is 1. The second-order valence-electron chi connectivity index (χ2n) is 4.32. The third kappa shape index (κ3) is 6.79. The molecule has 0 radical (unpaired) electrons. The average molecular weight is 267 g/mol. The van der Waals surface area contributed by atoms with Crippen molar-refractivity contribution >= 4 is 5.97 Å². The van der Waals surface area contributed by atoms with E-state index in [1.165, 1.54) is 5.56 Å². The smallest absolute Gasteiger partial charge is 0.317 e. The SMILES string of the molecule is COCCN(CCOc1ccc(C)cc1)CC(=O)O. The molecule has 5 nitrogen and oxygen atoms in total. The van der Waals surface area contributed by atoms with Gasteiger partial charge in [-0.25, -0.2) is 0 Å². The minimum Gasteiger partial charge on any atom is -0.492 e. The average Bonchev–Trinajstić information content (AvgIpc) is 2.37. The lowest BCUT2D eigenvalue weighted by atomic mass is 10.2. The van der Waals surface area contributed by atoms with Gasteiger partial charge in [0, 0.05) is 20.2 Å². The molecule has 0 spiro atoms. The number of methoxy groups -OCH3 is 1. The summed E-state index contributed by atoms with van der Waals surface area (Å²) in [6, 6.07) is 7.78. The molecule has 1 aromatic carbocycles. The van der Waals surface area contributed by atoms with Crippen molar-refractivity contribution in [2.24, 2.45) is 0 Å². The molecule has 1 aromatic rings. The Balaban J connectivity index is 2.34. The Morgan fingerprint density at radius 1 is 1.21 bits per heavy atom. The van der Waals surface area contributed by atoms with Crippen LogP contribution in [-0.2, 0) is 9.53 Å². The van der Waals surface area contributed by atoms with Crippen molar-refractivity contribution in [1.29, 1.82) is 0 Å². The molecule has 0 atom stereocenters. The van der Waals surface area contributed by atoms with Gasteiger partial charge in [-0.3, -0.25) is 9.69 Å². The molecule has 106 valence electrons. The van der Waals surface area contributed by atoms with E-state index >= 15 is 0 Å². The molecule has 0 aliphatic heterocycles. The highest BCUT2D eigenvalue weighted by molar-refractivity contribution is 5.69. The third-order valence-corrected chi connectivity index (χ3v) is 2.67. The van der Waals surface area contributed by atoms with Gasteiger partial charge >= 0.3 is 5.97 Å². The standard InChI is InChI=1S/C14H21NO4/c1-12-3-5-13(6-4-12)19-10-8-15(7-9-18-2)11-14(16)17/h3-6H,7-11H2,1-2H3,(H,16,17). The zero-order valence-electron chi connectivity index (χ0n) is 11.5. The van der Waals surface area contributed by atoms with Gasteiger partial charge < -0.3 is 14.6 Å². The molecule has 1 rings (SSSR count). The van der Waals surface area contributed by atoms with Crippen LogP contribution in [0.2, 0.25) is 0 Å². The van der Waals surface area contributed by atoms with Gasteiger partial charge in [-0.2, -0.15) is 0 Å². The van der Waals surface area contributed by atoms with Crippen LogP contribution in [0.25, 0.3) is 0 Å². The molecule has 0 aliphatic carbocycles. The lowest BCUT2D eigenvalue weighted by molar-refractivity contribution is -0.138. The molecular weight excluding hydrogens is 246 g/mol. The fourth-order valence-corrected chi connectivity index (χ4v) is 1.61. The molecule has 0 amide bonds. The van der Waals surface area contributed by atoms with Crippen molar-refractivity contribution in [3.05, 3.63) is 29.8 Å². The van der Waals surface area contributed by atoms with E-state index < -0.39 is 5.97 Å². The van der Waals surface area contributed by atoms with E-state index in [0.29, 0.717) is 26.3 Å². The lowest BCUT2D eigenvalue weighted by Gasteiger charge is -2.19. The van der Waals surface area contributed by atoms with Gasteiger partial charge in [0.25, 0.3) is 0 Å². The van der Waals surface area contributed by atoms with E-state index in [9.17, 15) is 4.79 Å². The van der Waals surface area contributed by atoms with E-state index in [1.54, 1.807) is 12.0 Å². The Hall–Kier alpha value is -1.59. The minimum absolute atomic E-state index is 0.000613. The summed E-state index contributed by atoms with van der Waals surface area (Å²) in [4.78, 5) is 12.5. The van der Waals surface area contributed by atoms with Crippen molar-refractivity contribution in [3.63, 3.8) is 0 Å². The van der Waals surface area contributed by atoms with E-state index in [2.05, 4.69) is 0 Å². The maximum atomic E-state index is 10.7. The number of benzene rings is 1. The summed E-state index contributed by atoms with van der Waals surface area (Å²) in [5.41, 5.74) is 1.18. The number of nitrogens with zero attached hydrogens (tertiary/aromatic N) is 1. The first kappa shape index (κ1) is 15.5. The number of hydrogen-bond donors (Lipinski definition) is 1. The number of carboxylic acids is 1. The first-order valence-corrected chi connectivity index (χ1v) is 6.24. The van der Waals surface area contributed by atoms with Gasteiger partial charge in [0.15, 0.2) is 0 Å². The molecule has 0 bridgehead atoms. The Labute approximate surface area is 113 Å². The molecule has 0 saturated carbocycles. The van der Waals surface area contributed by atoms with Crippen LogP contribution in [-0.4, -0.2) is 55.9 Å². The minimum atomic E-state index is -0.841. The number of aryl methyl sites for hydroxylation is 1. The van der Waals surface area contributed by atoms with Crippen LogP contribution < -0.4 is 4.74 Å². The molecule has 0 heterocycles. The van der Waals surface area contributed by atoms with Crippen molar-refractivity contribution < 1.29 is 19.4 Å². The van der Waals surface area contributed by atoms with E-state index in [4.69, 9.17) is 14.6 Å². The topological polar surface area (TPSA) is 59.0 Å². The first-order chi connectivity index (χ1) is 9.11. The highest BCUT2D eigenvalue weighted by Crippen LogP contribution is 2.11. The van der Waals surface area contributed by atoms with Crippen LogP contribution in [0.1, 0.15) is 5.56 Å². The maximum absolute atomic E-state index is 10.7. The van der Waals surface area contributed by atoms with Crippen molar-refractivity contribution in [2.45, 2.75) is 6.92 Å². The number of carboxylic acid groups (broad SMARTS) is 1. The molecule has 0 aliphatic rings. The maximum Gasteiger partial charge on any atom is 0.317 e. The highest BCUT2D eigenvalue weighted by Gasteiger charge is 2.09. The first-order valence-electron chi connectivity index (χ1n) is 6.24. The van der Waals surface area contributed by atoms with Gasteiger partial charge in [0.05, 0.1) is 13.2 Å². The van der Waals surface area contributed by atoms with Crippen LogP contribution in [0, 0.1) is 6.92 Å². The quantitative estimate of drug-likeness (QED) is 0.733. The van der Waals surface area contributed by atoms with Crippen molar-refractivity contribution in [2.75, 3.05) is 40.0 Å². The fourth-order valence-electron chi connectivity index (χ4n) is 1.61. The normalized spacial score (nSPS) is 10.7. The third-order valence-electron chi connectivity index (χ3n) is 2.67. The Morgan fingerprint density at radius 2 is 1.84 bits per heavy atom. The molecule has 0 saturated heterocycles.